The third-order valence-electron chi connectivity index (χ3n) is 4.28. The highest BCUT2D eigenvalue weighted by Gasteiger charge is 2.30. The van der Waals surface area contributed by atoms with Gasteiger partial charge in [-0.1, -0.05) is 44.9 Å². The number of nitrogens with one attached hydrogen (secondary N) is 1. The molecule has 8 heteroatoms. The van der Waals surface area contributed by atoms with Crippen molar-refractivity contribution in [2.75, 3.05) is 12.3 Å². The van der Waals surface area contributed by atoms with Crippen molar-refractivity contribution in [3.05, 3.63) is 5.89 Å². The van der Waals surface area contributed by atoms with Gasteiger partial charge < -0.3 is 15.5 Å². The lowest BCUT2D eigenvalue weighted by Gasteiger charge is -2.24. The fourth-order valence-corrected chi connectivity index (χ4v) is 3.55. The highest BCUT2D eigenvalue weighted by molar-refractivity contribution is 7.99. The summed E-state index contributed by atoms with van der Waals surface area (Å²) in [4.78, 5) is 25.3. The van der Waals surface area contributed by atoms with E-state index >= 15 is 0 Å². The second-order valence-corrected chi connectivity index (χ2v) is 7.95. The molecule has 0 spiro atoms. The molecule has 7 nitrogen and oxygen atoms in total. The van der Waals surface area contributed by atoms with Crippen LogP contribution in [0.2, 0.25) is 0 Å². The van der Waals surface area contributed by atoms with E-state index in [0.29, 0.717) is 23.9 Å². The van der Waals surface area contributed by atoms with E-state index in [9.17, 15) is 9.59 Å². The summed E-state index contributed by atoms with van der Waals surface area (Å²) >= 11 is 1.32. The summed E-state index contributed by atoms with van der Waals surface area (Å²) in [5.41, 5.74) is 5.45. The minimum absolute atomic E-state index is 0.00886. The van der Waals surface area contributed by atoms with Gasteiger partial charge >= 0.3 is 0 Å². The zero-order valence-corrected chi connectivity index (χ0v) is 15.8. The Kier molecular flexibility index (Phi) is 7.90. The minimum atomic E-state index is -0.623. The van der Waals surface area contributed by atoms with Gasteiger partial charge in [-0.3, -0.25) is 9.59 Å². The zero-order chi connectivity index (χ0) is 18.2. The summed E-state index contributed by atoms with van der Waals surface area (Å²) in [6.07, 6.45) is 5.68. The highest BCUT2D eigenvalue weighted by atomic mass is 32.2. The molecule has 2 rings (SSSR count). The number of thioether (sulfide) groups is 1. The Labute approximate surface area is 152 Å². The number of hydrogen-bond acceptors (Lipinski definition) is 7. The van der Waals surface area contributed by atoms with Crippen LogP contribution in [-0.4, -0.2) is 40.2 Å². The average Bonchev–Trinajstić information content (AvgIpc) is 3.08. The molecule has 1 aromatic rings. The Balaban J connectivity index is 2.03. The smallest absolute Gasteiger partial charge is 0.286 e. The maximum atomic E-state index is 12.7. The largest absolute Gasteiger partial charge is 0.408 e. The van der Waals surface area contributed by atoms with Gasteiger partial charge in [0.15, 0.2) is 0 Å². The maximum Gasteiger partial charge on any atom is 0.286 e. The Morgan fingerprint density at radius 2 is 2.00 bits per heavy atom. The maximum absolute atomic E-state index is 12.7. The van der Waals surface area contributed by atoms with E-state index in [0.717, 1.165) is 25.7 Å². The van der Waals surface area contributed by atoms with Crippen LogP contribution in [0.5, 0.6) is 0 Å². The quantitative estimate of drug-likeness (QED) is 0.508. The number of nitrogens with two attached hydrogens (primary N) is 1. The molecule has 0 radical (unpaired) electrons. The van der Waals surface area contributed by atoms with E-state index in [1.807, 2.05) is 13.8 Å². The number of rotatable bonds is 9. The summed E-state index contributed by atoms with van der Waals surface area (Å²) < 4.78 is 5.42. The molecule has 0 unspecified atom stereocenters. The third kappa shape index (κ3) is 6.11. The number of hydrogen-bond donors (Lipinski definition) is 2. The summed E-state index contributed by atoms with van der Waals surface area (Å²) in [7, 11) is 0. The molecule has 140 valence electrons. The van der Waals surface area contributed by atoms with E-state index in [4.69, 9.17) is 10.2 Å². The Morgan fingerprint density at radius 1 is 1.28 bits per heavy atom. The second-order valence-electron chi connectivity index (χ2n) is 6.90. The van der Waals surface area contributed by atoms with Crippen LogP contribution < -0.4 is 11.1 Å². The van der Waals surface area contributed by atoms with Crippen molar-refractivity contribution in [2.45, 2.75) is 63.6 Å². The van der Waals surface area contributed by atoms with Gasteiger partial charge in [-0.2, -0.15) is 0 Å². The number of Topliss-reactive ketones (excluding diaryl/α,β-unsaturated/α-hetero) is 1. The van der Waals surface area contributed by atoms with Gasteiger partial charge in [0.05, 0.1) is 6.04 Å². The van der Waals surface area contributed by atoms with Crippen LogP contribution >= 0.6 is 11.8 Å². The fraction of sp³-hybridized carbons (Fsp3) is 0.765. The SMILES string of the molecule is CC(C)C[C@H](NC(=O)C1CCCCC1)C(=O)c1nnc(SCCN)o1. The first kappa shape index (κ1) is 19.9. The molecule has 0 saturated heterocycles. The predicted octanol–water partition coefficient (Wildman–Crippen LogP) is 2.41. The van der Waals surface area contributed by atoms with Crippen LogP contribution in [-0.2, 0) is 4.79 Å². The molecule has 1 saturated carbocycles. The Hall–Kier alpha value is -1.41. The van der Waals surface area contributed by atoms with Crippen molar-refractivity contribution in [3.8, 4) is 0 Å². The number of nitrogens with zero attached hydrogens (tertiary/aromatic N) is 2. The number of carbonyl (C=O) groups is 2. The first-order chi connectivity index (χ1) is 12.0. The fourth-order valence-electron chi connectivity index (χ4n) is 3.02. The van der Waals surface area contributed by atoms with Crippen LogP contribution in [0.15, 0.2) is 9.64 Å². The summed E-state index contributed by atoms with van der Waals surface area (Å²) in [6.45, 7) is 4.52. The van der Waals surface area contributed by atoms with E-state index in [1.54, 1.807) is 0 Å². The monoisotopic (exact) mass is 368 g/mol. The number of amides is 1. The molecule has 3 N–H and O–H groups in total. The summed E-state index contributed by atoms with van der Waals surface area (Å²) in [5, 5.41) is 11.0. The first-order valence-corrected chi connectivity index (χ1v) is 10.0. The molecule has 0 aliphatic heterocycles. The van der Waals surface area contributed by atoms with Crippen molar-refractivity contribution < 1.29 is 14.0 Å². The molecular formula is C17H28N4O3S. The lowest BCUT2D eigenvalue weighted by atomic mass is 9.88. The number of ketones is 1. The second kappa shape index (κ2) is 9.91. The van der Waals surface area contributed by atoms with E-state index in [-0.39, 0.29) is 29.4 Å². The van der Waals surface area contributed by atoms with Crippen LogP contribution in [0.1, 0.15) is 63.1 Å². The topological polar surface area (TPSA) is 111 Å². The molecule has 0 bridgehead atoms. The molecule has 25 heavy (non-hydrogen) atoms. The van der Waals surface area contributed by atoms with Crippen molar-refractivity contribution in [1.29, 1.82) is 0 Å². The van der Waals surface area contributed by atoms with Gasteiger partial charge in [-0.15, -0.1) is 10.2 Å². The molecule has 1 aromatic heterocycles. The molecule has 1 aliphatic carbocycles. The van der Waals surface area contributed by atoms with Gasteiger partial charge in [0.2, 0.25) is 11.7 Å². The van der Waals surface area contributed by atoms with E-state index < -0.39 is 6.04 Å². The van der Waals surface area contributed by atoms with Crippen molar-refractivity contribution >= 4 is 23.5 Å². The standard InChI is InChI=1S/C17H28N4O3S/c1-11(2)10-13(19-15(23)12-6-4-3-5-7-12)14(22)16-20-21-17(24-16)25-9-8-18/h11-13H,3-10,18H2,1-2H3,(H,19,23)/t13-/m0/s1. The molecule has 1 amide bonds. The Morgan fingerprint density at radius 3 is 2.64 bits per heavy atom. The number of carbonyl (C=O) groups excluding carboxylic acids is 2. The molecular weight excluding hydrogens is 340 g/mol. The zero-order valence-electron chi connectivity index (χ0n) is 15.0. The molecule has 1 aliphatic rings. The average molecular weight is 369 g/mol. The van der Waals surface area contributed by atoms with Gasteiger partial charge in [0, 0.05) is 18.2 Å². The summed E-state index contributed by atoms with van der Waals surface area (Å²) in [6, 6.07) is -0.623. The van der Waals surface area contributed by atoms with Crippen LogP contribution in [0.25, 0.3) is 0 Å². The van der Waals surface area contributed by atoms with Gasteiger partial charge in [0.25, 0.3) is 11.1 Å². The lowest BCUT2D eigenvalue weighted by Crippen LogP contribution is -2.45. The Bertz CT molecular complexity index is 570. The van der Waals surface area contributed by atoms with Crippen LogP contribution in [0, 0.1) is 11.8 Å². The van der Waals surface area contributed by atoms with Crippen molar-refractivity contribution in [1.82, 2.24) is 15.5 Å². The highest BCUT2D eigenvalue weighted by Crippen LogP contribution is 2.24. The van der Waals surface area contributed by atoms with E-state index in [1.165, 1.54) is 18.2 Å². The van der Waals surface area contributed by atoms with Crippen LogP contribution in [0.3, 0.4) is 0 Å². The number of aromatic nitrogens is 2. The molecule has 1 fully saturated rings. The molecule has 1 heterocycles. The van der Waals surface area contributed by atoms with Gasteiger partial charge in [-0.05, 0) is 25.2 Å². The molecule has 0 aromatic carbocycles. The third-order valence-corrected chi connectivity index (χ3v) is 5.13. The van der Waals surface area contributed by atoms with Gasteiger partial charge in [0.1, 0.15) is 0 Å². The lowest BCUT2D eigenvalue weighted by molar-refractivity contribution is -0.126. The predicted molar refractivity (Wildman–Crippen MR) is 96.4 cm³/mol. The summed E-state index contributed by atoms with van der Waals surface area (Å²) in [5.74, 6) is 0.517. The first-order valence-electron chi connectivity index (χ1n) is 9.02. The van der Waals surface area contributed by atoms with Crippen molar-refractivity contribution in [3.63, 3.8) is 0 Å². The minimum Gasteiger partial charge on any atom is -0.408 e. The van der Waals surface area contributed by atoms with Gasteiger partial charge in [-0.25, -0.2) is 0 Å². The normalized spacial score (nSPS) is 16.8. The molecule has 1 atom stereocenters. The van der Waals surface area contributed by atoms with E-state index in [2.05, 4.69) is 15.5 Å². The van der Waals surface area contributed by atoms with Crippen LogP contribution in [0.4, 0.5) is 0 Å². The van der Waals surface area contributed by atoms with Crippen molar-refractivity contribution in [2.24, 2.45) is 17.6 Å².